The molecule has 4 unspecified atom stereocenters. The largest absolute Gasteiger partial charge is 0.395 e. The topological polar surface area (TPSA) is 32.3 Å². The van der Waals surface area contributed by atoms with Gasteiger partial charge < -0.3 is 10.4 Å². The van der Waals surface area contributed by atoms with E-state index < -0.39 is 0 Å². The molecule has 2 nitrogen and oxygen atoms in total. The molecule has 2 fully saturated rings. The van der Waals surface area contributed by atoms with Crippen LogP contribution in [0.2, 0.25) is 0 Å². The highest BCUT2D eigenvalue weighted by Crippen LogP contribution is 2.55. The molecule has 4 atom stereocenters. The van der Waals surface area contributed by atoms with Crippen LogP contribution in [0.3, 0.4) is 0 Å². The fraction of sp³-hybridized carbons (Fsp3) is 1.00. The first-order valence-electron chi connectivity index (χ1n) is 5.02. The van der Waals surface area contributed by atoms with Crippen molar-refractivity contribution in [2.75, 3.05) is 13.2 Å². The molecular formula is C10H19NO. The van der Waals surface area contributed by atoms with Crippen molar-refractivity contribution >= 4 is 0 Å². The molecule has 1 heterocycles. The van der Waals surface area contributed by atoms with Crippen molar-refractivity contribution in [3.63, 3.8) is 0 Å². The first kappa shape index (κ1) is 8.52. The Bertz CT molecular complexity index is 183. The molecule has 0 spiro atoms. The highest BCUT2D eigenvalue weighted by molar-refractivity contribution is 5.05. The summed E-state index contributed by atoms with van der Waals surface area (Å²) in [6, 6.07) is 0.354. The fourth-order valence-electron chi connectivity index (χ4n) is 2.88. The monoisotopic (exact) mass is 169 g/mol. The van der Waals surface area contributed by atoms with Crippen molar-refractivity contribution in [2.24, 2.45) is 17.3 Å². The van der Waals surface area contributed by atoms with E-state index in [0.29, 0.717) is 18.1 Å². The molecule has 2 N–H and O–H groups in total. The van der Waals surface area contributed by atoms with Crippen molar-refractivity contribution in [2.45, 2.75) is 32.7 Å². The molecule has 0 aromatic heterocycles. The van der Waals surface area contributed by atoms with Gasteiger partial charge >= 0.3 is 0 Å². The number of hydrogen-bond acceptors (Lipinski definition) is 2. The standard InChI is InChI=1S/C10H19NO/c1-7-5-8(7)10(2)3-4-11-9(10)6-12/h7-9,11-12H,3-6H2,1-2H3. The van der Waals surface area contributed by atoms with Crippen molar-refractivity contribution in [1.29, 1.82) is 0 Å². The second-order valence-electron chi connectivity index (χ2n) is 4.76. The quantitative estimate of drug-likeness (QED) is 0.646. The van der Waals surface area contributed by atoms with Gasteiger partial charge in [-0.15, -0.1) is 0 Å². The predicted octanol–water partition coefficient (Wildman–Crippen LogP) is 1.00. The van der Waals surface area contributed by atoms with Crippen LogP contribution >= 0.6 is 0 Å². The normalized spacial score (nSPS) is 52.8. The number of nitrogens with one attached hydrogen (secondary N) is 1. The fourth-order valence-corrected chi connectivity index (χ4v) is 2.88. The van der Waals surface area contributed by atoms with Crippen LogP contribution in [0.1, 0.15) is 26.7 Å². The van der Waals surface area contributed by atoms with Gasteiger partial charge in [0.15, 0.2) is 0 Å². The SMILES string of the molecule is CC1CC1C1(C)CCNC1CO. The van der Waals surface area contributed by atoms with E-state index >= 15 is 0 Å². The zero-order valence-corrected chi connectivity index (χ0v) is 8.01. The third-order valence-corrected chi connectivity index (χ3v) is 3.99. The van der Waals surface area contributed by atoms with E-state index in [1.54, 1.807) is 0 Å². The summed E-state index contributed by atoms with van der Waals surface area (Å²) >= 11 is 0. The van der Waals surface area contributed by atoms with Crippen LogP contribution in [0, 0.1) is 17.3 Å². The first-order chi connectivity index (χ1) is 5.68. The highest BCUT2D eigenvalue weighted by Gasteiger charge is 2.52. The lowest BCUT2D eigenvalue weighted by Crippen LogP contribution is -2.39. The number of aliphatic hydroxyl groups excluding tert-OH is 1. The molecule has 12 heavy (non-hydrogen) atoms. The van der Waals surface area contributed by atoms with Gasteiger partial charge in [-0.2, -0.15) is 0 Å². The van der Waals surface area contributed by atoms with Crippen LogP contribution in [0.4, 0.5) is 0 Å². The van der Waals surface area contributed by atoms with Crippen molar-refractivity contribution < 1.29 is 5.11 Å². The Labute approximate surface area is 74.4 Å². The molecule has 0 bridgehead atoms. The molecule has 1 saturated heterocycles. The Morgan fingerprint density at radius 1 is 1.58 bits per heavy atom. The second kappa shape index (κ2) is 2.71. The lowest BCUT2D eigenvalue weighted by molar-refractivity contribution is 0.147. The molecule has 2 rings (SSSR count). The molecule has 1 aliphatic carbocycles. The summed E-state index contributed by atoms with van der Waals surface area (Å²) in [4.78, 5) is 0. The van der Waals surface area contributed by atoms with Crippen molar-refractivity contribution in [3.8, 4) is 0 Å². The van der Waals surface area contributed by atoms with Crippen molar-refractivity contribution in [3.05, 3.63) is 0 Å². The van der Waals surface area contributed by atoms with Gasteiger partial charge in [-0.3, -0.25) is 0 Å². The van der Waals surface area contributed by atoms with Crippen molar-refractivity contribution in [1.82, 2.24) is 5.32 Å². The third-order valence-electron chi connectivity index (χ3n) is 3.99. The molecule has 2 heteroatoms. The van der Waals surface area contributed by atoms with Crippen LogP contribution in [0.25, 0.3) is 0 Å². The van der Waals surface area contributed by atoms with Gasteiger partial charge in [-0.1, -0.05) is 13.8 Å². The maximum atomic E-state index is 9.20. The van der Waals surface area contributed by atoms with Gasteiger partial charge in [-0.25, -0.2) is 0 Å². The summed E-state index contributed by atoms with van der Waals surface area (Å²) in [5.41, 5.74) is 0.383. The van der Waals surface area contributed by atoms with E-state index in [2.05, 4.69) is 19.2 Å². The van der Waals surface area contributed by atoms with Gasteiger partial charge in [0.25, 0.3) is 0 Å². The van der Waals surface area contributed by atoms with Gasteiger partial charge in [0.2, 0.25) is 0 Å². The number of rotatable bonds is 2. The van der Waals surface area contributed by atoms with Gasteiger partial charge in [0, 0.05) is 6.04 Å². The maximum Gasteiger partial charge on any atom is 0.0590 e. The molecule has 1 saturated carbocycles. The molecule has 2 aliphatic rings. The summed E-state index contributed by atoms with van der Waals surface area (Å²) in [6.07, 6.45) is 2.61. The highest BCUT2D eigenvalue weighted by atomic mass is 16.3. The molecule has 0 amide bonds. The summed E-state index contributed by atoms with van der Waals surface area (Å²) in [7, 11) is 0. The first-order valence-corrected chi connectivity index (χ1v) is 5.02. The van der Waals surface area contributed by atoms with Crippen LogP contribution in [0.15, 0.2) is 0 Å². The van der Waals surface area contributed by atoms with Gasteiger partial charge in [0.05, 0.1) is 6.61 Å². The minimum atomic E-state index is 0.305. The molecule has 70 valence electrons. The number of aliphatic hydroxyl groups is 1. The molecular weight excluding hydrogens is 150 g/mol. The molecule has 1 aliphatic heterocycles. The van der Waals surface area contributed by atoms with E-state index in [1.807, 2.05) is 0 Å². The lowest BCUT2D eigenvalue weighted by atomic mass is 9.77. The summed E-state index contributed by atoms with van der Waals surface area (Å²) in [5.74, 6) is 1.76. The maximum absolute atomic E-state index is 9.20. The molecule has 0 aromatic rings. The Balaban J connectivity index is 2.07. The zero-order chi connectivity index (χ0) is 8.77. The Morgan fingerprint density at radius 2 is 2.25 bits per heavy atom. The summed E-state index contributed by atoms with van der Waals surface area (Å²) in [5, 5.41) is 12.6. The molecule has 0 aromatic carbocycles. The molecule has 0 radical (unpaired) electrons. The van der Waals surface area contributed by atoms with E-state index in [4.69, 9.17) is 0 Å². The zero-order valence-electron chi connectivity index (χ0n) is 8.01. The Morgan fingerprint density at radius 3 is 2.75 bits per heavy atom. The summed E-state index contributed by atoms with van der Waals surface area (Å²) < 4.78 is 0. The van der Waals surface area contributed by atoms with Crippen LogP contribution < -0.4 is 5.32 Å². The third kappa shape index (κ3) is 1.09. The average Bonchev–Trinajstić information content (AvgIpc) is 2.64. The Kier molecular flexibility index (Phi) is 1.92. The number of hydrogen-bond donors (Lipinski definition) is 2. The van der Waals surface area contributed by atoms with Crippen LogP contribution in [0.5, 0.6) is 0 Å². The van der Waals surface area contributed by atoms with E-state index in [9.17, 15) is 5.11 Å². The van der Waals surface area contributed by atoms with E-state index in [1.165, 1.54) is 12.8 Å². The average molecular weight is 169 g/mol. The second-order valence-corrected chi connectivity index (χ2v) is 4.76. The lowest BCUT2D eigenvalue weighted by Gasteiger charge is -2.30. The smallest absolute Gasteiger partial charge is 0.0590 e. The van der Waals surface area contributed by atoms with E-state index in [-0.39, 0.29) is 0 Å². The van der Waals surface area contributed by atoms with Crippen LogP contribution in [-0.2, 0) is 0 Å². The van der Waals surface area contributed by atoms with Crippen LogP contribution in [-0.4, -0.2) is 24.3 Å². The van der Waals surface area contributed by atoms with E-state index in [0.717, 1.165) is 18.4 Å². The predicted molar refractivity (Wildman–Crippen MR) is 48.9 cm³/mol. The summed E-state index contributed by atoms with van der Waals surface area (Å²) in [6.45, 7) is 6.05. The minimum Gasteiger partial charge on any atom is -0.395 e. The Hall–Kier alpha value is -0.0800. The van der Waals surface area contributed by atoms with Gasteiger partial charge in [0.1, 0.15) is 0 Å². The van der Waals surface area contributed by atoms with Gasteiger partial charge in [-0.05, 0) is 36.6 Å². The minimum absolute atomic E-state index is 0.305.